The number of nitrogens with two attached hydrogens (primary N) is 1. The first-order valence-electron chi connectivity index (χ1n) is 30.6. The Morgan fingerprint density at radius 1 is 0.756 bits per heavy atom. The minimum absolute atomic E-state index is 0.0999. The largest absolute Gasteiger partial charge is 0.458 e. The van der Waals surface area contributed by atoms with Crippen molar-refractivity contribution in [3.05, 3.63) is 102 Å². The van der Waals surface area contributed by atoms with Crippen LogP contribution in [0.1, 0.15) is 135 Å². The van der Waals surface area contributed by atoms with Gasteiger partial charge in [0.1, 0.15) is 29.3 Å². The Morgan fingerprint density at radius 3 is 2.00 bits per heavy atom. The molecule has 4 aromatic rings. The number of esters is 3. The molecule has 3 aliphatic heterocycles. The van der Waals surface area contributed by atoms with Crippen LogP contribution in [0.4, 0.5) is 10.5 Å². The molecule has 0 bridgehead atoms. The summed E-state index contributed by atoms with van der Waals surface area (Å²) in [5.41, 5.74) is 5.08. The van der Waals surface area contributed by atoms with E-state index in [9.17, 15) is 14.4 Å². The monoisotopic (exact) mass is 1190 g/mol. The predicted octanol–water partition coefficient (Wildman–Crippen LogP) is 9.62. The molecule has 4 heterocycles. The Hall–Kier alpha value is -6.29. The fourth-order valence-electron chi connectivity index (χ4n) is 14.1. The number of nitrogen functional groups attached to an aromatic ring is 1. The average Bonchev–Trinajstić information content (AvgIpc) is 1.66. The van der Waals surface area contributed by atoms with Crippen molar-refractivity contribution in [1.29, 1.82) is 0 Å². The number of ether oxygens (including phenoxy) is 9. The molecule has 18 atom stereocenters. The fourth-order valence-corrected chi connectivity index (χ4v) is 14.1. The second-order valence-electron chi connectivity index (χ2n) is 25.4. The van der Waals surface area contributed by atoms with Gasteiger partial charge in [0.25, 0.3) is 0 Å². The van der Waals surface area contributed by atoms with Gasteiger partial charge in [-0.1, -0.05) is 88.4 Å². The molecule has 3 saturated heterocycles. The van der Waals surface area contributed by atoms with Gasteiger partial charge < -0.3 is 58.2 Å². The first-order valence-corrected chi connectivity index (χ1v) is 30.6. The molecule has 20 heteroatoms. The number of fused-ring (bicyclic) bond motifs is 1. The second kappa shape index (κ2) is 27.8. The maximum absolute atomic E-state index is 15.5. The Labute approximate surface area is 507 Å². The van der Waals surface area contributed by atoms with E-state index in [0.29, 0.717) is 54.7 Å². The molecule has 2 N–H and O–H groups in total. The van der Waals surface area contributed by atoms with Gasteiger partial charge in [0.05, 0.1) is 65.3 Å². The fraction of sp³-hybridized carbons (Fsp3) is 0.621. The summed E-state index contributed by atoms with van der Waals surface area (Å²) in [4.78, 5) is 76.8. The Balaban J connectivity index is 1.16. The number of Topliss-reactive ketones (excluding diaryl/α,β-unsaturated/α-hetero) is 1. The lowest BCUT2D eigenvalue weighted by Crippen LogP contribution is -2.62. The number of cyclic esters (lactones) is 1. The van der Waals surface area contributed by atoms with Crippen LogP contribution >= 0.6 is 0 Å². The minimum Gasteiger partial charge on any atom is -0.458 e. The van der Waals surface area contributed by atoms with Gasteiger partial charge in [0.2, 0.25) is 0 Å². The number of unbranched alkanes of at least 4 members (excludes halogenated alkanes) is 1. The lowest BCUT2D eigenvalue weighted by Gasteiger charge is -2.50. The molecular weight excluding hydrogens is 1100 g/mol. The zero-order chi connectivity index (χ0) is 62.4. The third-order valence-corrected chi connectivity index (χ3v) is 18.8. The molecule has 8 rings (SSSR count). The maximum Gasteiger partial charge on any atom is 0.410 e. The maximum atomic E-state index is 15.5. The van der Waals surface area contributed by atoms with Crippen molar-refractivity contribution in [3.8, 4) is 11.3 Å². The van der Waals surface area contributed by atoms with Crippen molar-refractivity contribution in [3.63, 3.8) is 0 Å². The SMILES string of the molecule is CC[C@H]1OC(=O)[C@H](C)[C@@H](O[C@@H]2C[C@@H](C)[C@H](OC(=O)c3ccccc3)[C@](C)(OC)C2)[C@H](C)[C@@H](O[C@@H]2O[C@H](C)C[C@H](N(C)C)[C@H]2OC(=O)c2ccccc2)[C@@](C)(OC)C[C@@H](C)C(=O)[C@H](C)C2N(CCCCn3cc(-c4cccc(N)c4)nn3)C(=O)O[C@@]21C. The van der Waals surface area contributed by atoms with Gasteiger partial charge in [-0.05, 0) is 130 Å². The quantitative estimate of drug-likeness (QED) is 0.0423. The van der Waals surface area contributed by atoms with Crippen LogP contribution in [0.5, 0.6) is 0 Å². The number of anilines is 1. The lowest BCUT2D eigenvalue weighted by atomic mass is 9.72. The molecule has 86 heavy (non-hydrogen) atoms. The van der Waals surface area contributed by atoms with Gasteiger partial charge in [0, 0.05) is 62.7 Å². The van der Waals surface area contributed by atoms with Gasteiger partial charge in [-0.3, -0.25) is 14.3 Å². The number of likely N-dealkylation sites (N-methyl/N-ethyl adjacent to an activating group) is 1. The van der Waals surface area contributed by atoms with Crippen LogP contribution in [0.15, 0.2) is 91.1 Å². The highest BCUT2D eigenvalue weighted by Crippen LogP contribution is 2.46. The topological polar surface area (TPSA) is 232 Å². The molecule has 4 fully saturated rings. The van der Waals surface area contributed by atoms with Gasteiger partial charge in [-0.2, -0.15) is 0 Å². The number of nitrogens with zero attached hydrogens (tertiary/aromatic N) is 5. The van der Waals surface area contributed by atoms with Crippen molar-refractivity contribution < 1.29 is 66.6 Å². The Morgan fingerprint density at radius 2 is 1.38 bits per heavy atom. The van der Waals surface area contributed by atoms with Crippen molar-refractivity contribution in [1.82, 2.24) is 24.8 Å². The zero-order valence-corrected chi connectivity index (χ0v) is 52.7. The zero-order valence-electron chi connectivity index (χ0n) is 52.7. The van der Waals surface area contributed by atoms with E-state index in [0.717, 1.165) is 5.56 Å². The number of hydrogen-bond donors (Lipinski definition) is 1. The summed E-state index contributed by atoms with van der Waals surface area (Å²) in [5, 5.41) is 8.70. The summed E-state index contributed by atoms with van der Waals surface area (Å²) in [6, 6.07) is 23.7. The van der Waals surface area contributed by atoms with Gasteiger partial charge in [0.15, 0.2) is 18.0 Å². The molecule has 1 unspecified atom stereocenters. The molecule has 1 aromatic heterocycles. The third-order valence-electron chi connectivity index (χ3n) is 18.8. The summed E-state index contributed by atoms with van der Waals surface area (Å²) in [6.45, 7) is 19.4. The Bertz CT molecular complexity index is 2950. The van der Waals surface area contributed by atoms with Crippen molar-refractivity contribution >= 4 is 35.5 Å². The van der Waals surface area contributed by atoms with Crippen LogP contribution in [0, 0.1) is 29.6 Å². The van der Waals surface area contributed by atoms with E-state index >= 15 is 9.59 Å². The number of hydrogen-bond acceptors (Lipinski definition) is 18. The molecule has 1 amide bonds. The van der Waals surface area contributed by atoms with E-state index < -0.39 is 113 Å². The number of amides is 1. The number of aromatic nitrogens is 3. The highest BCUT2D eigenvalue weighted by atomic mass is 16.7. The molecule has 0 spiro atoms. The standard InChI is InChI=1S/C66H92N6O14/c1-15-52-66(10)56(72(63(77)86-66)32-23-22-31-71-38-50(68-69-71)47-29-24-30-48(67)35-47)42(5)53(73)40(3)36-64(8,78-13)58(85-62-55(51(70(11)12)34-41(4)80-62)83-60(75)45-25-18-16-19-26-45)43(6)54(44(7)59(74)82-52)81-49-33-39(2)57(65(9,37-49)79-14)84-61(76)46-27-20-17-21-28-46/h16-21,24-30,35,38-44,49,51-52,54-58,62H,15,22-23,31-34,36-37,67H2,1-14H3/t39-,40-,41-,42+,43+,44-,49-,51+,52-,54+,55-,56?,57+,58-,62+,64+,65-,66-/m1/s1. The summed E-state index contributed by atoms with van der Waals surface area (Å²) < 4.78 is 62.1. The predicted molar refractivity (Wildman–Crippen MR) is 321 cm³/mol. The van der Waals surface area contributed by atoms with Crippen LogP contribution < -0.4 is 5.73 Å². The molecule has 0 radical (unpaired) electrons. The number of benzene rings is 3. The summed E-state index contributed by atoms with van der Waals surface area (Å²) in [7, 11) is 6.98. The smallest absolute Gasteiger partial charge is 0.410 e. The molecule has 1 saturated carbocycles. The lowest BCUT2D eigenvalue weighted by molar-refractivity contribution is -0.303. The number of carbonyl (C=O) groups excluding carboxylic acids is 5. The minimum atomic E-state index is -1.48. The van der Waals surface area contributed by atoms with Crippen LogP contribution in [0.2, 0.25) is 0 Å². The van der Waals surface area contributed by atoms with Crippen LogP contribution in [0.25, 0.3) is 11.3 Å². The van der Waals surface area contributed by atoms with E-state index in [4.69, 9.17) is 48.4 Å². The summed E-state index contributed by atoms with van der Waals surface area (Å²) in [6.07, 6.45) is -2.94. The van der Waals surface area contributed by atoms with E-state index in [-0.39, 0.29) is 49.7 Å². The summed E-state index contributed by atoms with van der Waals surface area (Å²) >= 11 is 0. The van der Waals surface area contributed by atoms with Crippen LogP contribution in [-0.2, 0) is 58.8 Å². The first-order chi connectivity index (χ1) is 40.8. The third kappa shape index (κ3) is 14.3. The molecular formula is C66H92N6O14. The van der Waals surface area contributed by atoms with Gasteiger partial charge >= 0.3 is 24.0 Å². The van der Waals surface area contributed by atoms with Crippen LogP contribution in [0.3, 0.4) is 0 Å². The summed E-state index contributed by atoms with van der Waals surface area (Å²) in [5.74, 6) is -5.47. The normalized spacial score (nSPS) is 34.6. The molecule has 4 aliphatic rings. The van der Waals surface area contributed by atoms with E-state index in [2.05, 4.69) is 10.3 Å². The van der Waals surface area contributed by atoms with Crippen molar-refractivity contribution in [2.24, 2.45) is 29.6 Å². The van der Waals surface area contributed by atoms with Crippen molar-refractivity contribution in [2.75, 3.05) is 40.6 Å². The molecule has 20 nitrogen and oxygen atoms in total. The second-order valence-corrected chi connectivity index (χ2v) is 25.4. The molecule has 470 valence electrons. The van der Waals surface area contributed by atoms with E-state index in [1.54, 1.807) is 86.2 Å². The van der Waals surface area contributed by atoms with E-state index in [1.165, 1.54) is 0 Å². The number of methoxy groups -OCH3 is 2. The van der Waals surface area contributed by atoms with Crippen molar-refractivity contribution in [2.45, 2.75) is 199 Å². The number of ketones is 1. The first kappa shape index (κ1) is 65.7. The highest BCUT2D eigenvalue weighted by Gasteiger charge is 2.61. The number of aryl methyl sites for hydroxylation is 1. The average molecular weight is 1190 g/mol. The molecule has 1 aliphatic carbocycles. The van der Waals surface area contributed by atoms with Gasteiger partial charge in [-0.15, -0.1) is 5.10 Å². The van der Waals surface area contributed by atoms with E-state index in [1.807, 2.05) is 117 Å². The highest BCUT2D eigenvalue weighted by molar-refractivity contribution is 5.90. The van der Waals surface area contributed by atoms with Gasteiger partial charge in [-0.25, -0.2) is 14.4 Å². The molecule has 3 aromatic carbocycles. The van der Waals surface area contributed by atoms with Crippen LogP contribution in [-0.4, -0.2) is 167 Å². The number of carbonyl (C=O) groups is 5. The Kier molecular flexibility index (Phi) is 21.2. The number of rotatable bonds is 18.